The largest absolute Gasteiger partial charge is 0.379 e. The zero-order valence-electron chi connectivity index (χ0n) is 16.8. The van der Waals surface area contributed by atoms with E-state index in [-0.39, 0.29) is 10.6 Å². The van der Waals surface area contributed by atoms with Crippen LogP contribution >= 0.6 is 22.9 Å². The highest BCUT2D eigenvalue weighted by molar-refractivity contribution is 7.89. The normalized spacial score (nSPS) is 16.0. The average molecular weight is 481 g/mol. The van der Waals surface area contributed by atoms with Crippen LogP contribution in [-0.4, -0.2) is 54.1 Å². The van der Waals surface area contributed by atoms with Crippen molar-refractivity contribution >= 4 is 38.9 Å². The lowest BCUT2D eigenvalue weighted by atomic mass is 10.2. The number of hydrogen-bond donors (Lipinski definition) is 0. The number of hydrogen-bond acceptors (Lipinski definition) is 5. The van der Waals surface area contributed by atoms with E-state index in [0.29, 0.717) is 42.7 Å². The van der Waals surface area contributed by atoms with Gasteiger partial charge in [-0.1, -0.05) is 29.8 Å². The first-order valence-electron chi connectivity index (χ1n) is 9.57. The van der Waals surface area contributed by atoms with Crippen molar-refractivity contribution in [2.75, 3.05) is 26.3 Å². The second-order valence-electron chi connectivity index (χ2n) is 7.01. The predicted molar refractivity (Wildman–Crippen MR) is 118 cm³/mol. The summed E-state index contributed by atoms with van der Waals surface area (Å²) in [5.41, 5.74) is 1.11. The second kappa shape index (κ2) is 9.09. The molecular weight excluding hydrogens is 460 g/mol. The molecule has 11 heteroatoms. The molecule has 3 aromatic rings. The second-order valence-corrected chi connectivity index (χ2v) is 10.2. The maximum Gasteiger partial charge on any atom is 0.296 e. The van der Waals surface area contributed by atoms with Crippen LogP contribution in [0.1, 0.15) is 16.1 Å². The lowest BCUT2D eigenvalue weighted by Crippen LogP contribution is -2.40. The van der Waals surface area contributed by atoms with Gasteiger partial charge in [-0.2, -0.15) is 9.30 Å². The Balaban J connectivity index is 1.61. The number of rotatable bonds is 5. The number of halogens is 1. The zero-order chi connectivity index (χ0) is 22.0. The van der Waals surface area contributed by atoms with E-state index in [1.165, 1.54) is 32.5 Å². The highest BCUT2D eigenvalue weighted by Gasteiger charge is 2.28. The van der Waals surface area contributed by atoms with Crippen LogP contribution in [0.3, 0.4) is 0 Å². The summed E-state index contributed by atoms with van der Waals surface area (Å²) in [5, 5.41) is 2.47. The number of ether oxygens (including phenoxy) is 1. The molecule has 3 heterocycles. The topological polar surface area (TPSA) is 85.9 Å². The third-order valence-corrected chi connectivity index (χ3v) is 7.99. The van der Waals surface area contributed by atoms with E-state index < -0.39 is 15.9 Å². The van der Waals surface area contributed by atoms with Gasteiger partial charge in [-0.15, -0.1) is 11.3 Å². The Morgan fingerprint density at radius 1 is 1.26 bits per heavy atom. The van der Waals surface area contributed by atoms with E-state index in [1.807, 2.05) is 40.4 Å². The number of carbonyl (C=O) groups is 1. The number of sulfonamides is 1. The van der Waals surface area contributed by atoms with E-state index in [1.54, 1.807) is 7.05 Å². The van der Waals surface area contributed by atoms with Gasteiger partial charge in [0, 0.05) is 42.9 Å². The van der Waals surface area contributed by atoms with Crippen LogP contribution in [0, 0.1) is 0 Å². The first-order chi connectivity index (χ1) is 14.9. The minimum atomic E-state index is -3.69. The summed E-state index contributed by atoms with van der Waals surface area (Å²) in [6.07, 6.45) is 3.28. The molecule has 0 bridgehead atoms. The van der Waals surface area contributed by atoms with Crippen LogP contribution in [0.2, 0.25) is 5.02 Å². The summed E-state index contributed by atoms with van der Waals surface area (Å²) >= 11 is 7.57. The zero-order valence-corrected chi connectivity index (χ0v) is 19.2. The van der Waals surface area contributed by atoms with Crippen molar-refractivity contribution in [3.05, 3.63) is 69.2 Å². The standard InChI is InChI=1S/C20H21ClN4O4S2/c1-23-14-16(31(27,28)25-6-9-29-10-7-25)12-18(23)19(26)22-20-24(8-11-30-20)13-15-4-2-3-5-17(15)21/h2-5,8,11-12,14H,6-7,9-10,13H2,1H3. The number of aromatic nitrogens is 2. The first kappa shape index (κ1) is 22.0. The summed E-state index contributed by atoms with van der Waals surface area (Å²) in [5.74, 6) is -0.513. The maximum absolute atomic E-state index is 12.9. The fourth-order valence-corrected chi connectivity index (χ4v) is 5.69. The van der Waals surface area contributed by atoms with Gasteiger partial charge in [0.05, 0.1) is 19.8 Å². The number of nitrogens with zero attached hydrogens (tertiary/aromatic N) is 4. The monoisotopic (exact) mass is 480 g/mol. The quantitative estimate of drug-likeness (QED) is 0.561. The molecule has 31 heavy (non-hydrogen) atoms. The van der Waals surface area contributed by atoms with Crippen molar-refractivity contribution in [2.24, 2.45) is 12.0 Å². The van der Waals surface area contributed by atoms with Gasteiger partial charge in [-0.05, 0) is 17.7 Å². The summed E-state index contributed by atoms with van der Waals surface area (Å²) < 4.78 is 35.7. The van der Waals surface area contributed by atoms with E-state index in [4.69, 9.17) is 16.3 Å². The van der Waals surface area contributed by atoms with Crippen LogP contribution in [0.4, 0.5) is 0 Å². The van der Waals surface area contributed by atoms with E-state index in [9.17, 15) is 13.2 Å². The summed E-state index contributed by atoms with van der Waals surface area (Å²) in [6, 6.07) is 8.86. The molecule has 0 N–H and O–H groups in total. The molecule has 1 amide bonds. The molecule has 0 aliphatic carbocycles. The van der Waals surface area contributed by atoms with Gasteiger partial charge in [-0.25, -0.2) is 8.42 Å². The van der Waals surface area contributed by atoms with Gasteiger partial charge in [0.15, 0.2) is 4.80 Å². The molecule has 4 rings (SSSR count). The number of carbonyl (C=O) groups excluding carboxylic acids is 1. The number of amides is 1. The Kier molecular flexibility index (Phi) is 6.44. The summed E-state index contributed by atoms with van der Waals surface area (Å²) in [7, 11) is -2.06. The molecule has 0 atom stereocenters. The van der Waals surface area contributed by atoms with Crippen molar-refractivity contribution < 1.29 is 17.9 Å². The van der Waals surface area contributed by atoms with Gasteiger partial charge in [-0.3, -0.25) is 4.79 Å². The SMILES string of the molecule is Cn1cc(S(=O)(=O)N2CCOCC2)cc1C(=O)N=c1sccn1Cc1ccccc1Cl. The van der Waals surface area contributed by atoms with E-state index in [2.05, 4.69) is 4.99 Å². The molecule has 8 nitrogen and oxygen atoms in total. The van der Waals surface area contributed by atoms with Crippen LogP contribution in [-0.2, 0) is 28.4 Å². The van der Waals surface area contributed by atoms with Gasteiger partial charge >= 0.3 is 0 Å². The van der Waals surface area contributed by atoms with Crippen molar-refractivity contribution in [3.63, 3.8) is 0 Å². The van der Waals surface area contributed by atoms with Crippen LogP contribution in [0.25, 0.3) is 0 Å². The Morgan fingerprint density at radius 3 is 2.74 bits per heavy atom. The van der Waals surface area contributed by atoms with Crippen molar-refractivity contribution in [2.45, 2.75) is 11.4 Å². The predicted octanol–water partition coefficient (Wildman–Crippen LogP) is 2.35. The molecule has 0 saturated carbocycles. The Bertz CT molecular complexity index is 1270. The Hall–Kier alpha value is -2.24. The highest BCUT2D eigenvalue weighted by atomic mass is 35.5. The fourth-order valence-electron chi connectivity index (χ4n) is 3.29. The van der Waals surface area contributed by atoms with Crippen molar-refractivity contribution in [1.29, 1.82) is 0 Å². The molecule has 0 spiro atoms. The number of benzene rings is 1. The summed E-state index contributed by atoms with van der Waals surface area (Å²) in [4.78, 5) is 17.7. The first-order valence-corrected chi connectivity index (χ1v) is 12.3. The fraction of sp³-hybridized carbons (Fsp3) is 0.300. The Morgan fingerprint density at radius 2 is 2.00 bits per heavy atom. The lowest BCUT2D eigenvalue weighted by molar-refractivity contribution is 0.0730. The van der Waals surface area contributed by atoms with Crippen molar-refractivity contribution in [3.8, 4) is 0 Å². The molecular formula is C20H21ClN4O4S2. The Labute approximate surface area is 189 Å². The number of aryl methyl sites for hydroxylation is 1. The third kappa shape index (κ3) is 4.68. The number of thiazole rings is 1. The van der Waals surface area contributed by atoms with E-state index >= 15 is 0 Å². The van der Waals surface area contributed by atoms with Gasteiger partial charge in [0.25, 0.3) is 5.91 Å². The molecule has 0 radical (unpaired) electrons. The molecule has 1 fully saturated rings. The number of morpholine rings is 1. The van der Waals surface area contributed by atoms with Crippen LogP contribution in [0.5, 0.6) is 0 Å². The molecule has 0 unspecified atom stereocenters. The molecule has 2 aromatic heterocycles. The minimum absolute atomic E-state index is 0.0746. The smallest absolute Gasteiger partial charge is 0.296 e. The molecule has 1 aromatic carbocycles. The average Bonchev–Trinajstić information content (AvgIpc) is 3.37. The van der Waals surface area contributed by atoms with Crippen molar-refractivity contribution in [1.82, 2.24) is 13.4 Å². The molecule has 1 saturated heterocycles. The van der Waals surface area contributed by atoms with Gasteiger partial charge in [0.2, 0.25) is 10.0 Å². The van der Waals surface area contributed by atoms with Crippen LogP contribution < -0.4 is 4.80 Å². The molecule has 164 valence electrons. The molecule has 1 aliphatic heterocycles. The maximum atomic E-state index is 12.9. The minimum Gasteiger partial charge on any atom is -0.379 e. The summed E-state index contributed by atoms with van der Waals surface area (Å²) in [6.45, 7) is 1.78. The third-order valence-electron chi connectivity index (χ3n) is 4.96. The van der Waals surface area contributed by atoms with Crippen LogP contribution in [0.15, 0.2) is 58.0 Å². The van der Waals surface area contributed by atoms with Gasteiger partial charge < -0.3 is 13.9 Å². The molecule has 1 aliphatic rings. The highest BCUT2D eigenvalue weighted by Crippen LogP contribution is 2.20. The lowest BCUT2D eigenvalue weighted by Gasteiger charge is -2.25. The van der Waals surface area contributed by atoms with E-state index in [0.717, 1.165) is 5.56 Å². The van der Waals surface area contributed by atoms with Gasteiger partial charge in [0.1, 0.15) is 10.6 Å².